The third-order valence-corrected chi connectivity index (χ3v) is 6.21. The topological polar surface area (TPSA) is 101 Å². The monoisotopic (exact) mass is 422 g/mol. The van der Waals surface area contributed by atoms with Gasteiger partial charge in [0, 0.05) is 29.3 Å². The summed E-state index contributed by atoms with van der Waals surface area (Å²) in [6, 6.07) is 9.75. The van der Waals surface area contributed by atoms with Crippen molar-refractivity contribution >= 4 is 33.3 Å². The number of hydrogen-bond acceptors (Lipinski definition) is 6. The number of amides is 1. The van der Waals surface area contributed by atoms with E-state index in [0.717, 1.165) is 22.4 Å². The van der Waals surface area contributed by atoms with Crippen molar-refractivity contribution in [3.63, 3.8) is 0 Å². The predicted octanol–water partition coefficient (Wildman–Crippen LogP) is 4.39. The van der Waals surface area contributed by atoms with Crippen LogP contribution in [0.25, 0.3) is 21.5 Å². The van der Waals surface area contributed by atoms with Gasteiger partial charge < -0.3 is 9.51 Å². The molecule has 154 valence electrons. The van der Waals surface area contributed by atoms with Crippen molar-refractivity contribution in [3.05, 3.63) is 62.5 Å². The summed E-state index contributed by atoms with van der Waals surface area (Å²) < 4.78 is 5.24. The SMILES string of the molecule is CCc1ccc(-c2cc(NC(=O)CCc3nc4sc(C)c(C)c4c(=O)[nH]3)on2)cc1. The van der Waals surface area contributed by atoms with E-state index in [1.807, 2.05) is 38.1 Å². The van der Waals surface area contributed by atoms with E-state index in [1.165, 1.54) is 16.9 Å². The molecule has 7 nitrogen and oxygen atoms in total. The average Bonchev–Trinajstić information content (AvgIpc) is 3.31. The molecule has 1 amide bonds. The fourth-order valence-corrected chi connectivity index (χ4v) is 4.28. The molecular formula is C22H22N4O3S. The highest BCUT2D eigenvalue weighted by Crippen LogP contribution is 2.26. The molecule has 0 spiro atoms. The van der Waals surface area contributed by atoms with E-state index < -0.39 is 0 Å². The van der Waals surface area contributed by atoms with Crippen molar-refractivity contribution < 1.29 is 9.32 Å². The van der Waals surface area contributed by atoms with Gasteiger partial charge in [-0.25, -0.2) is 4.98 Å². The number of nitrogens with one attached hydrogen (secondary N) is 2. The lowest BCUT2D eigenvalue weighted by Gasteiger charge is -2.02. The first-order valence-electron chi connectivity index (χ1n) is 9.79. The number of nitrogens with zero attached hydrogens (tertiary/aromatic N) is 2. The Hall–Kier alpha value is -3.26. The minimum absolute atomic E-state index is 0.161. The lowest BCUT2D eigenvalue weighted by atomic mass is 10.1. The second-order valence-electron chi connectivity index (χ2n) is 7.15. The number of carbonyl (C=O) groups excluding carboxylic acids is 1. The second-order valence-corrected chi connectivity index (χ2v) is 8.35. The summed E-state index contributed by atoms with van der Waals surface area (Å²) in [7, 11) is 0. The number of anilines is 1. The van der Waals surface area contributed by atoms with Crippen molar-refractivity contribution in [3.8, 4) is 11.3 Å². The molecule has 0 aliphatic heterocycles. The molecule has 0 atom stereocenters. The van der Waals surface area contributed by atoms with Gasteiger partial charge in [0.15, 0.2) is 0 Å². The predicted molar refractivity (Wildman–Crippen MR) is 118 cm³/mol. The van der Waals surface area contributed by atoms with Crippen LogP contribution >= 0.6 is 11.3 Å². The Bertz CT molecular complexity index is 1270. The van der Waals surface area contributed by atoms with Gasteiger partial charge in [-0.2, -0.15) is 0 Å². The first-order chi connectivity index (χ1) is 14.4. The zero-order valence-electron chi connectivity index (χ0n) is 17.0. The second kappa shape index (κ2) is 8.23. The fourth-order valence-electron chi connectivity index (χ4n) is 3.23. The minimum atomic E-state index is -0.236. The molecule has 1 aromatic carbocycles. The van der Waals surface area contributed by atoms with Crippen LogP contribution in [0.5, 0.6) is 0 Å². The van der Waals surface area contributed by atoms with E-state index in [2.05, 4.69) is 27.4 Å². The number of aryl methyl sites for hydroxylation is 4. The zero-order chi connectivity index (χ0) is 21.3. The van der Waals surface area contributed by atoms with Gasteiger partial charge in [-0.1, -0.05) is 36.3 Å². The molecule has 0 saturated carbocycles. The maximum atomic E-state index is 12.3. The Kier molecular flexibility index (Phi) is 5.50. The highest BCUT2D eigenvalue weighted by molar-refractivity contribution is 7.18. The van der Waals surface area contributed by atoms with Crippen LogP contribution < -0.4 is 10.9 Å². The Labute approximate surface area is 177 Å². The van der Waals surface area contributed by atoms with Gasteiger partial charge in [0.2, 0.25) is 11.8 Å². The molecule has 30 heavy (non-hydrogen) atoms. The van der Waals surface area contributed by atoms with E-state index in [9.17, 15) is 9.59 Å². The van der Waals surface area contributed by atoms with Crippen molar-refractivity contribution in [1.29, 1.82) is 0 Å². The summed E-state index contributed by atoms with van der Waals surface area (Å²) in [5.74, 6) is 0.550. The molecule has 0 saturated heterocycles. The summed E-state index contributed by atoms with van der Waals surface area (Å²) in [4.78, 5) is 33.7. The number of hydrogen-bond donors (Lipinski definition) is 2. The van der Waals surface area contributed by atoms with Gasteiger partial charge in [0.1, 0.15) is 16.3 Å². The highest BCUT2D eigenvalue weighted by atomic mass is 32.1. The maximum Gasteiger partial charge on any atom is 0.259 e. The van der Waals surface area contributed by atoms with Crippen molar-refractivity contribution in [2.75, 3.05) is 5.32 Å². The molecule has 0 bridgehead atoms. The zero-order valence-corrected chi connectivity index (χ0v) is 17.9. The van der Waals surface area contributed by atoms with Gasteiger partial charge in [-0.15, -0.1) is 11.3 Å². The Morgan fingerprint density at radius 3 is 2.73 bits per heavy atom. The lowest BCUT2D eigenvalue weighted by Crippen LogP contribution is -2.15. The van der Waals surface area contributed by atoms with Crippen LogP contribution in [-0.4, -0.2) is 21.0 Å². The number of benzene rings is 1. The van der Waals surface area contributed by atoms with E-state index in [0.29, 0.717) is 28.2 Å². The Morgan fingerprint density at radius 1 is 1.23 bits per heavy atom. The van der Waals surface area contributed by atoms with Crippen LogP contribution in [0.4, 0.5) is 5.88 Å². The van der Waals surface area contributed by atoms with E-state index in [1.54, 1.807) is 6.07 Å². The molecule has 3 aromatic heterocycles. The van der Waals surface area contributed by atoms with Crippen LogP contribution in [0.2, 0.25) is 0 Å². The molecule has 0 fully saturated rings. The Balaban J connectivity index is 1.40. The fraction of sp³-hybridized carbons (Fsp3) is 0.273. The number of fused-ring (bicyclic) bond motifs is 1. The smallest absolute Gasteiger partial charge is 0.259 e. The highest BCUT2D eigenvalue weighted by Gasteiger charge is 2.14. The lowest BCUT2D eigenvalue weighted by molar-refractivity contribution is -0.116. The number of carbonyl (C=O) groups is 1. The summed E-state index contributed by atoms with van der Waals surface area (Å²) in [6.45, 7) is 5.99. The molecule has 0 aliphatic rings. The normalized spacial score (nSPS) is 11.2. The summed E-state index contributed by atoms with van der Waals surface area (Å²) >= 11 is 1.49. The number of H-pyrrole nitrogens is 1. The van der Waals surface area contributed by atoms with E-state index in [4.69, 9.17) is 4.52 Å². The molecule has 3 heterocycles. The number of rotatable bonds is 6. The van der Waals surface area contributed by atoms with Crippen molar-refractivity contribution in [1.82, 2.24) is 15.1 Å². The molecular weight excluding hydrogens is 400 g/mol. The third-order valence-electron chi connectivity index (χ3n) is 5.11. The molecule has 0 aliphatic carbocycles. The van der Waals surface area contributed by atoms with Crippen molar-refractivity contribution in [2.45, 2.75) is 40.0 Å². The number of aromatic amines is 1. The summed E-state index contributed by atoms with van der Waals surface area (Å²) in [6.07, 6.45) is 1.46. The maximum absolute atomic E-state index is 12.3. The largest absolute Gasteiger partial charge is 0.338 e. The third kappa shape index (κ3) is 4.04. The van der Waals surface area contributed by atoms with Gasteiger partial charge in [-0.05, 0) is 31.4 Å². The minimum Gasteiger partial charge on any atom is -0.338 e. The van der Waals surface area contributed by atoms with Crippen LogP contribution in [0, 0.1) is 13.8 Å². The summed E-state index contributed by atoms with van der Waals surface area (Å²) in [5.41, 5.74) is 3.62. The van der Waals surface area contributed by atoms with E-state index >= 15 is 0 Å². The number of aromatic nitrogens is 3. The quantitative estimate of drug-likeness (QED) is 0.480. The standard InChI is InChI=1S/C22H22N4O3S/c1-4-14-5-7-15(8-6-14)16-11-19(29-26-16)25-18(27)10-9-17-23-21(28)20-12(2)13(3)30-22(20)24-17/h5-8,11H,4,9-10H2,1-3H3,(H,25,27)(H,23,24,28). The van der Waals surface area contributed by atoms with Gasteiger partial charge >= 0.3 is 0 Å². The molecule has 0 radical (unpaired) electrons. The van der Waals surface area contributed by atoms with Crippen LogP contribution in [0.15, 0.2) is 39.6 Å². The molecule has 4 rings (SSSR count). The molecule has 2 N–H and O–H groups in total. The van der Waals surface area contributed by atoms with Gasteiger partial charge in [0.25, 0.3) is 5.56 Å². The van der Waals surface area contributed by atoms with Crippen LogP contribution in [-0.2, 0) is 17.6 Å². The van der Waals surface area contributed by atoms with Crippen LogP contribution in [0.1, 0.15) is 35.2 Å². The molecule has 4 aromatic rings. The van der Waals surface area contributed by atoms with Gasteiger partial charge in [0.05, 0.1) is 5.39 Å². The molecule has 8 heteroatoms. The van der Waals surface area contributed by atoms with Crippen molar-refractivity contribution in [2.24, 2.45) is 0 Å². The molecule has 0 unspecified atom stereocenters. The Morgan fingerprint density at radius 2 is 2.00 bits per heavy atom. The van der Waals surface area contributed by atoms with Gasteiger partial charge in [-0.3, -0.25) is 14.9 Å². The van der Waals surface area contributed by atoms with Crippen LogP contribution in [0.3, 0.4) is 0 Å². The van der Waals surface area contributed by atoms with E-state index in [-0.39, 0.29) is 23.8 Å². The number of thiophene rings is 1. The first-order valence-corrected chi connectivity index (χ1v) is 10.6. The summed E-state index contributed by atoms with van der Waals surface area (Å²) in [5, 5.41) is 7.36. The first kappa shape index (κ1) is 20.0. The average molecular weight is 423 g/mol.